The van der Waals surface area contributed by atoms with E-state index in [0.29, 0.717) is 12.3 Å². The van der Waals surface area contributed by atoms with Crippen LogP contribution in [0.4, 0.5) is 13.2 Å². The molecule has 0 bridgehead atoms. The van der Waals surface area contributed by atoms with Gasteiger partial charge in [-0.05, 0) is 32.9 Å². The number of alkyl halides is 3. The second-order valence-electron chi connectivity index (χ2n) is 4.73. The SMILES string of the molecule is CC(C)NC(=O)C(C)S(=O)(=O)c1ccc(C(F)(F)F)cn1. The number of rotatable bonds is 4. The highest BCUT2D eigenvalue weighted by molar-refractivity contribution is 7.92. The van der Waals surface area contributed by atoms with E-state index in [1.807, 2.05) is 0 Å². The van der Waals surface area contributed by atoms with Crippen molar-refractivity contribution < 1.29 is 26.4 Å². The monoisotopic (exact) mass is 324 g/mol. The lowest BCUT2D eigenvalue weighted by atomic mass is 10.3. The molecule has 0 spiro atoms. The van der Waals surface area contributed by atoms with Crippen LogP contribution in [0.1, 0.15) is 26.3 Å². The first kappa shape index (κ1) is 17.4. The number of aromatic nitrogens is 1. The van der Waals surface area contributed by atoms with Crippen LogP contribution in [0, 0.1) is 0 Å². The Kier molecular flexibility index (Phi) is 4.98. The van der Waals surface area contributed by atoms with E-state index in [4.69, 9.17) is 0 Å². The van der Waals surface area contributed by atoms with Crippen LogP contribution >= 0.6 is 0 Å². The largest absolute Gasteiger partial charge is 0.417 e. The third-order valence-corrected chi connectivity index (χ3v) is 4.59. The molecular weight excluding hydrogens is 309 g/mol. The van der Waals surface area contributed by atoms with E-state index in [1.165, 1.54) is 0 Å². The molecule has 0 aliphatic carbocycles. The Morgan fingerprint density at radius 3 is 2.19 bits per heavy atom. The Balaban J connectivity index is 3.06. The van der Waals surface area contributed by atoms with Crippen molar-refractivity contribution in [3.8, 4) is 0 Å². The third kappa shape index (κ3) is 4.16. The van der Waals surface area contributed by atoms with Crippen LogP contribution in [0.2, 0.25) is 0 Å². The van der Waals surface area contributed by atoms with Gasteiger partial charge < -0.3 is 5.32 Å². The first-order chi connectivity index (χ1) is 9.46. The van der Waals surface area contributed by atoms with E-state index in [1.54, 1.807) is 13.8 Å². The van der Waals surface area contributed by atoms with E-state index >= 15 is 0 Å². The summed E-state index contributed by atoms with van der Waals surface area (Å²) < 4.78 is 61.4. The molecule has 9 heteroatoms. The van der Waals surface area contributed by atoms with Crippen LogP contribution in [-0.4, -0.2) is 30.6 Å². The van der Waals surface area contributed by atoms with Crippen molar-refractivity contribution in [3.63, 3.8) is 0 Å². The number of halogens is 3. The maximum Gasteiger partial charge on any atom is 0.417 e. The number of carbonyl (C=O) groups excluding carboxylic acids is 1. The quantitative estimate of drug-likeness (QED) is 0.916. The number of pyridine rings is 1. The normalized spacial score (nSPS) is 14.0. The summed E-state index contributed by atoms with van der Waals surface area (Å²) in [5, 5.41) is 0.420. The van der Waals surface area contributed by atoms with Gasteiger partial charge in [-0.25, -0.2) is 13.4 Å². The zero-order chi connectivity index (χ0) is 16.4. The number of nitrogens with zero attached hydrogens (tertiary/aromatic N) is 1. The van der Waals surface area contributed by atoms with E-state index in [9.17, 15) is 26.4 Å². The second kappa shape index (κ2) is 6.00. The zero-order valence-electron chi connectivity index (χ0n) is 11.6. The van der Waals surface area contributed by atoms with Crippen LogP contribution in [0.15, 0.2) is 23.4 Å². The molecule has 1 rings (SSSR count). The molecule has 1 N–H and O–H groups in total. The molecule has 21 heavy (non-hydrogen) atoms. The van der Waals surface area contributed by atoms with Gasteiger partial charge in [0.1, 0.15) is 5.25 Å². The molecule has 5 nitrogen and oxygen atoms in total. The molecule has 118 valence electrons. The van der Waals surface area contributed by atoms with E-state index < -0.39 is 37.8 Å². The maximum atomic E-state index is 12.4. The predicted molar refractivity (Wildman–Crippen MR) is 69.2 cm³/mol. The highest BCUT2D eigenvalue weighted by Crippen LogP contribution is 2.29. The Morgan fingerprint density at radius 2 is 1.81 bits per heavy atom. The van der Waals surface area contributed by atoms with Crippen LogP contribution in [0.5, 0.6) is 0 Å². The summed E-state index contributed by atoms with van der Waals surface area (Å²) in [7, 11) is -4.14. The standard InChI is InChI=1S/C12H15F3N2O3S/c1-7(2)17-11(18)8(3)21(19,20)10-5-4-9(6-16-10)12(13,14)15/h4-8H,1-3H3,(H,17,18). The van der Waals surface area contributed by atoms with Gasteiger partial charge in [0, 0.05) is 12.2 Å². The predicted octanol–water partition coefficient (Wildman–Crippen LogP) is 1.79. The average Bonchev–Trinajstić information content (AvgIpc) is 2.36. The van der Waals surface area contributed by atoms with Gasteiger partial charge in [-0.15, -0.1) is 0 Å². The smallest absolute Gasteiger partial charge is 0.353 e. The molecule has 0 radical (unpaired) electrons. The fourth-order valence-electron chi connectivity index (χ4n) is 1.44. The molecular formula is C12H15F3N2O3S. The summed E-state index contributed by atoms with van der Waals surface area (Å²) in [6.45, 7) is 4.48. The molecule has 1 aromatic heterocycles. The number of hydrogen-bond acceptors (Lipinski definition) is 4. The summed E-state index contributed by atoms with van der Waals surface area (Å²) in [6, 6.07) is 1.11. The lowest BCUT2D eigenvalue weighted by molar-refractivity contribution is -0.137. The highest BCUT2D eigenvalue weighted by atomic mass is 32.2. The Bertz CT molecular complexity index is 610. The molecule has 0 aliphatic heterocycles. The van der Waals surface area contributed by atoms with Crippen molar-refractivity contribution in [2.24, 2.45) is 0 Å². The summed E-state index contributed by atoms with van der Waals surface area (Å²) in [4.78, 5) is 15.0. The molecule has 0 aliphatic rings. The van der Waals surface area contributed by atoms with Gasteiger partial charge in [0.2, 0.25) is 15.7 Å². The van der Waals surface area contributed by atoms with Crippen molar-refractivity contribution >= 4 is 15.7 Å². The van der Waals surface area contributed by atoms with Gasteiger partial charge in [0.15, 0.2) is 5.03 Å². The molecule has 1 atom stereocenters. The fourth-order valence-corrected chi connectivity index (χ4v) is 2.61. The first-order valence-electron chi connectivity index (χ1n) is 6.03. The van der Waals surface area contributed by atoms with E-state index in [2.05, 4.69) is 10.3 Å². The molecule has 1 aromatic rings. The van der Waals surface area contributed by atoms with Crippen molar-refractivity contribution in [1.82, 2.24) is 10.3 Å². The molecule has 0 saturated heterocycles. The molecule has 0 aromatic carbocycles. The van der Waals surface area contributed by atoms with Gasteiger partial charge in [-0.3, -0.25) is 4.79 Å². The third-order valence-electron chi connectivity index (χ3n) is 2.62. The van der Waals surface area contributed by atoms with Crippen molar-refractivity contribution in [1.29, 1.82) is 0 Å². The number of hydrogen-bond donors (Lipinski definition) is 1. The van der Waals surface area contributed by atoms with Crippen molar-refractivity contribution in [3.05, 3.63) is 23.9 Å². The Morgan fingerprint density at radius 1 is 1.24 bits per heavy atom. The van der Waals surface area contributed by atoms with Crippen molar-refractivity contribution in [2.45, 2.75) is 43.3 Å². The molecule has 1 heterocycles. The molecule has 1 unspecified atom stereocenters. The second-order valence-corrected chi connectivity index (χ2v) is 6.95. The van der Waals surface area contributed by atoms with Gasteiger partial charge >= 0.3 is 6.18 Å². The topological polar surface area (TPSA) is 76.1 Å². The number of carbonyl (C=O) groups is 1. The fraction of sp³-hybridized carbons (Fsp3) is 0.500. The molecule has 1 amide bonds. The molecule has 0 saturated carbocycles. The Hall–Kier alpha value is -1.64. The van der Waals surface area contributed by atoms with Crippen LogP contribution < -0.4 is 5.32 Å². The lowest BCUT2D eigenvalue weighted by Crippen LogP contribution is -2.41. The van der Waals surface area contributed by atoms with Gasteiger partial charge in [-0.2, -0.15) is 13.2 Å². The van der Waals surface area contributed by atoms with Gasteiger partial charge in [0.25, 0.3) is 0 Å². The van der Waals surface area contributed by atoms with Crippen LogP contribution in [-0.2, 0) is 20.8 Å². The molecule has 0 fully saturated rings. The van der Waals surface area contributed by atoms with Crippen LogP contribution in [0.3, 0.4) is 0 Å². The van der Waals surface area contributed by atoms with Crippen LogP contribution in [0.25, 0.3) is 0 Å². The first-order valence-corrected chi connectivity index (χ1v) is 7.58. The van der Waals surface area contributed by atoms with Crippen molar-refractivity contribution in [2.75, 3.05) is 0 Å². The number of amides is 1. The minimum Gasteiger partial charge on any atom is -0.353 e. The Labute approximate surface area is 120 Å². The number of sulfone groups is 1. The summed E-state index contributed by atoms with van der Waals surface area (Å²) in [5.41, 5.74) is -1.05. The average molecular weight is 324 g/mol. The van der Waals surface area contributed by atoms with Gasteiger partial charge in [-0.1, -0.05) is 0 Å². The van der Waals surface area contributed by atoms with Gasteiger partial charge in [0.05, 0.1) is 5.56 Å². The summed E-state index contributed by atoms with van der Waals surface area (Å²) in [6.07, 6.45) is -4.17. The minimum atomic E-state index is -4.60. The lowest BCUT2D eigenvalue weighted by Gasteiger charge is -2.15. The maximum absolute atomic E-state index is 12.4. The van der Waals surface area contributed by atoms with E-state index in [0.717, 1.165) is 13.0 Å². The van der Waals surface area contributed by atoms with E-state index in [-0.39, 0.29) is 6.04 Å². The zero-order valence-corrected chi connectivity index (χ0v) is 12.4. The number of nitrogens with one attached hydrogen (secondary N) is 1. The highest BCUT2D eigenvalue weighted by Gasteiger charge is 2.34. The minimum absolute atomic E-state index is 0.254. The summed E-state index contributed by atoms with van der Waals surface area (Å²) >= 11 is 0. The summed E-state index contributed by atoms with van der Waals surface area (Å²) in [5.74, 6) is -0.730.